The fraction of sp³-hybridized carbons (Fsp3) is 0.333. The largest absolute Gasteiger partial charge is 0.471 e. The van der Waals surface area contributed by atoms with Crippen LogP contribution in [0.4, 0.5) is 8.78 Å². The second-order valence-electron chi connectivity index (χ2n) is 8.89. The Labute approximate surface area is 220 Å². The number of Topliss-reactive ketones (excluding diaryl/α,β-unsaturated/α-hetero) is 1. The lowest BCUT2D eigenvalue weighted by molar-refractivity contribution is -0.156. The summed E-state index contributed by atoms with van der Waals surface area (Å²) in [5.41, 5.74) is 0.889. The molecule has 2 heterocycles. The van der Waals surface area contributed by atoms with Gasteiger partial charge >= 0.3 is 13.7 Å². The molecule has 1 atom stereocenters. The van der Waals surface area contributed by atoms with Crippen molar-refractivity contribution in [3.8, 4) is 0 Å². The lowest BCUT2D eigenvalue weighted by Gasteiger charge is -2.35. The lowest BCUT2D eigenvalue weighted by Crippen LogP contribution is -2.55. The molecule has 0 aromatic heterocycles. The smallest absolute Gasteiger partial charge is 0.322 e. The molecule has 14 heteroatoms. The Morgan fingerprint density at radius 1 is 1.13 bits per heavy atom. The number of fused-ring (bicyclic) bond motifs is 1. The van der Waals surface area contributed by atoms with E-state index in [4.69, 9.17) is 21.4 Å². The topological polar surface area (TPSA) is 142 Å². The summed E-state index contributed by atoms with van der Waals surface area (Å²) >= 11 is 5.72. The number of alkyl halides is 2. The number of likely N-dealkylation sites (tertiary alicyclic amines) is 1. The van der Waals surface area contributed by atoms with Gasteiger partial charge in [-0.1, -0.05) is 35.9 Å². The number of amides is 3. The highest BCUT2D eigenvalue weighted by Crippen LogP contribution is 2.37. The molecular formula is C24H22ClF2N2O8P. The maximum atomic E-state index is 14.6. The van der Waals surface area contributed by atoms with Gasteiger partial charge in [0.05, 0.1) is 0 Å². The maximum Gasteiger partial charge on any atom is 0.471 e. The van der Waals surface area contributed by atoms with E-state index in [2.05, 4.69) is 4.52 Å². The first-order chi connectivity index (χ1) is 17.8. The van der Waals surface area contributed by atoms with Crippen molar-refractivity contribution in [2.75, 3.05) is 6.73 Å². The van der Waals surface area contributed by atoms with Crippen LogP contribution in [-0.4, -0.2) is 55.9 Å². The summed E-state index contributed by atoms with van der Waals surface area (Å²) in [5, 5.41) is 0.266. The summed E-state index contributed by atoms with van der Waals surface area (Å²) in [6.45, 7) is -0.957. The Balaban J connectivity index is 1.43. The number of hydrogen-bond donors (Lipinski definition) is 2. The fourth-order valence-electron chi connectivity index (χ4n) is 4.42. The quantitative estimate of drug-likeness (QED) is 0.346. The number of hydrogen-bond acceptors (Lipinski definition) is 6. The van der Waals surface area contributed by atoms with Crippen LogP contribution in [0.2, 0.25) is 5.02 Å². The molecule has 2 aliphatic heterocycles. The number of phosphoric acid groups is 1. The predicted molar refractivity (Wildman–Crippen MR) is 128 cm³/mol. The molecule has 10 nitrogen and oxygen atoms in total. The Kier molecular flexibility index (Phi) is 7.83. The molecule has 2 aliphatic rings. The van der Waals surface area contributed by atoms with Gasteiger partial charge in [0.1, 0.15) is 12.8 Å². The van der Waals surface area contributed by atoms with Gasteiger partial charge < -0.3 is 14.7 Å². The minimum atomic E-state index is -4.94. The van der Waals surface area contributed by atoms with Crippen molar-refractivity contribution in [1.82, 2.24) is 9.80 Å². The van der Waals surface area contributed by atoms with Gasteiger partial charge in [0.15, 0.2) is 0 Å². The molecule has 0 radical (unpaired) electrons. The fourth-order valence-corrected chi connectivity index (χ4v) is 4.81. The molecule has 0 aliphatic carbocycles. The second-order valence-corrected chi connectivity index (χ2v) is 10.6. The van der Waals surface area contributed by atoms with Gasteiger partial charge in [-0.3, -0.25) is 28.6 Å². The van der Waals surface area contributed by atoms with Crippen LogP contribution in [-0.2, 0) is 42.4 Å². The normalized spacial score (nSPS) is 18.2. The first kappa shape index (κ1) is 28.0. The van der Waals surface area contributed by atoms with Crippen LogP contribution in [0.1, 0.15) is 46.3 Å². The maximum absolute atomic E-state index is 14.6. The van der Waals surface area contributed by atoms with Crippen molar-refractivity contribution in [1.29, 1.82) is 0 Å². The highest BCUT2D eigenvalue weighted by Gasteiger charge is 2.43. The van der Waals surface area contributed by atoms with Crippen LogP contribution < -0.4 is 0 Å². The third kappa shape index (κ3) is 5.84. The SMILES string of the molecule is O=C1CCC(N2Cc3cc(CCC(=O)C(F)(F)c4ccc(Cl)cc4)ccc3C2=O)C(=O)N1COP(=O)(O)O. The highest BCUT2D eigenvalue weighted by molar-refractivity contribution is 7.46. The molecule has 3 amide bonds. The van der Waals surface area contributed by atoms with Gasteiger partial charge in [-0.15, -0.1) is 0 Å². The molecule has 2 N–H and O–H groups in total. The number of nitrogens with zero attached hydrogens (tertiary/aromatic N) is 2. The molecule has 1 saturated heterocycles. The zero-order valence-electron chi connectivity index (χ0n) is 19.7. The van der Waals surface area contributed by atoms with E-state index >= 15 is 0 Å². The van der Waals surface area contributed by atoms with Crippen LogP contribution in [0.15, 0.2) is 42.5 Å². The second kappa shape index (κ2) is 10.6. The van der Waals surface area contributed by atoms with Gasteiger partial charge in [-0.25, -0.2) is 4.57 Å². The summed E-state index contributed by atoms with van der Waals surface area (Å²) in [5.74, 6) is -6.96. The first-order valence-electron chi connectivity index (χ1n) is 11.4. The molecule has 1 fully saturated rings. The predicted octanol–water partition coefficient (Wildman–Crippen LogP) is 3.17. The summed E-state index contributed by atoms with van der Waals surface area (Å²) in [4.78, 5) is 69.8. The molecule has 2 aromatic rings. The van der Waals surface area contributed by atoms with E-state index in [-0.39, 0.29) is 36.4 Å². The Morgan fingerprint density at radius 2 is 1.82 bits per heavy atom. The number of halogens is 3. The van der Waals surface area contributed by atoms with Crippen LogP contribution >= 0.6 is 19.4 Å². The van der Waals surface area contributed by atoms with E-state index in [1.165, 1.54) is 23.1 Å². The molecule has 202 valence electrons. The zero-order chi connectivity index (χ0) is 27.8. The number of carbonyl (C=O) groups is 4. The summed E-state index contributed by atoms with van der Waals surface area (Å²) < 4.78 is 44.4. The zero-order valence-corrected chi connectivity index (χ0v) is 21.3. The number of aryl methyl sites for hydroxylation is 1. The Morgan fingerprint density at radius 3 is 2.47 bits per heavy atom. The minimum Gasteiger partial charge on any atom is -0.322 e. The molecule has 0 spiro atoms. The van der Waals surface area contributed by atoms with Crippen molar-refractivity contribution in [2.24, 2.45) is 0 Å². The Bertz CT molecular complexity index is 1350. The molecule has 2 aromatic carbocycles. The van der Waals surface area contributed by atoms with Gasteiger partial charge in [0.2, 0.25) is 11.7 Å². The van der Waals surface area contributed by atoms with Gasteiger partial charge in [-0.2, -0.15) is 8.78 Å². The standard InChI is InChI=1S/C24H22ClF2N2O8P/c25-17-5-3-16(4-6-17)24(26,27)20(30)9-2-14-1-7-18-15(11-14)12-28(22(18)32)19-8-10-21(31)29(23(19)33)13-37-38(34,35)36/h1,3-7,11,19H,2,8-10,12-13H2,(H2,34,35,36). The van der Waals surface area contributed by atoms with Crippen LogP contribution in [0.25, 0.3) is 0 Å². The number of phosphoric ester groups is 1. The van der Waals surface area contributed by atoms with E-state index < -0.39 is 62.0 Å². The van der Waals surface area contributed by atoms with E-state index in [0.29, 0.717) is 16.0 Å². The molecule has 38 heavy (non-hydrogen) atoms. The van der Waals surface area contributed by atoms with Crippen LogP contribution in [0.5, 0.6) is 0 Å². The summed E-state index contributed by atoms with van der Waals surface area (Å²) in [7, 11) is -4.94. The molecule has 0 saturated carbocycles. The van der Waals surface area contributed by atoms with Crippen molar-refractivity contribution in [3.05, 3.63) is 69.7 Å². The number of piperidine rings is 1. The van der Waals surface area contributed by atoms with E-state index in [1.54, 1.807) is 12.1 Å². The van der Waals surface area contributed by atoms with Crippen molar-refractivity contribution < 1.29 is 46.8 Å². The lowest BCUT2D eigenvalue weighted by atomic mass is 9.97. The van der Waals surface area contributed by atoms with Crippen molar-refractivity contribution in [2.45, 2.75) is 44.2 Å². The average molecular weight is 571 g/mol. The first-order valence-corrected chi connectivity index (χ1v) is 13.3. The minimum absolute atomic E-state index is 0.00528. The van der Waals surface area contributed by atoms with Crippen LogP contribution in [0.3, 0.4) is 0 Å². The molecule has 4 rings (SSSR count). The van der Waals surface area contributed by atoms with E-state index in [1.807, 2.05) is 0 Å². The van der Waals surface area contributed by atoms with E-state index in [0.717, 1.165) is 12.1 Å². The van der Waals surface area contributed by atoms with Crippen molar-refractivity contribution >= 4 is 42.9 Å². The Hall–Kier alpha value is -3.02. The molecular weight excluding hydrogens is 549 g/mol. The van der Waals surface area contributed by atoms with E-state index in [9.17, 15) is 32.5 Å². The van der Waals surface area contributed by atoms with Gasteiger partial charge in [0, 0.05) is 35.5 Å². The van der Waals surface area contributed by atoms with Crippen LogP contribution in [0, 0.1) is 0 Å². The van der Waals surface area contributed by atoms with Gasteiger partial charge in [-0.05, 0) is 42.2 Å². The highest BCUT2D eigenvalue weighted by atomic mass is 35.5. The molecule has 0 bridgehead atoms. The average Bonchev–Trinajstić information content (AvgIpc) is 3.17. The van der Waals surface area contributed by atoms with Gasteiger partial charge in [0.25, 0.3) is 11.8 Å². The number of rotatable bonds is 9. The summed E-state index contributed by atoms with van der Waals surface area (Å²) in [6.07, 6.45) is -0.584. The number of imide groups is 1. The number of carbonyl (C=O) groups excluding carboxylic acids is 4. The summed E-state index contributed by atoms with van der Waals surface area (Å²) in [6, 6.07) is 8.31. The van der Waals surface area contributed by atoms with Crippen molar-refractivity contribution in [3.63, 3.8) is 0 Å². The number of benzene rings is 2. The third-order valence-electron chi connectivity index (χ3n) is 6.41. The monoisotopic (exact) mass is 570 g/mol. The third-order valence-corrected chi connectivity index (χ3v) is 7.12. The number of ketones is 1. The molecule has 1 unspecified atom stereocenters.